The van der Waals surface area contributed by atoms with Crippen molar-refractivity contribution < 1.29 is 4.21 Å². The summed E-state index contributed by atoms with van der Waals surface area (Å²) in [5.74, 6) is 2.41. The van der Waals surface area contributed by atoms with Gasteiger partial charge in [0.2, 0.25) is 0 Å². The summed E-state index contributed by atoms with van der Waals surface area (Å²) < 4.78 is 11.1. The van der Waals surface area contributed by atoms with E-state index in [-0.39, 0.29) is 0 Å². The molecule has 0 aromatic heterocycles. The van der Waals surface area contributed by atoms with E-state index in [4.69, 9.17) is 0 Å². The average molecular weight is 236 g/mol. The second kappa shape index (κ2) is 10.4. The summed E-state index contributed by atoms with van der Waals surface area (Å²) in [6, 6.07) is 0. The Balaban J connectivity index is 3.29. The van der Waals surface area contributed by atoms with Crippen molar-refractivity contribution in [2.24, 2.45) is 0 Å². The quantitative estimate of drug-likeness (QED) is 0.366. The lowest BCUT2D eigenvalue weighted by molar-refractivity contribution is 0.687. The van der Waals surface area contributed by atoms with Crippen LogP contribution in [0.5, 0.6) is 0 Å². The maximum absolute atomic E-state index is 11.1. The molecule has 0 heterocycles. The van der Waals surface area contributed by atoms with E-state index < -0.39 is 10.8 Å². The van der Waals surface area contributed by atoms with E-state index in [9.17, 15) is 4.21 Å². The van der Waals surface area contributed by atoms with E-state index in [1.165, 1.54) is 12.2 Å². The van der Waals surface area contributed by atoms with Crippen molar-refractivity contribution in [1.82, 2.24) is 0 Å². The van der Waals surface area contributed by atoms with Gasteiger partial charge in [0.15, 0.2) is 0 Å². The van der Waals surface area contributed by atoms with Crippen molar-refractivity contribution in [2.75, 3.05) is 17.3 Å². The minimum atomic E-state index is -0.755. The molecule has 0 amide bonds. The predicted molar refractivity (Wildman–Crippen MR) is 67.6 cm³/mol. The lowest BCUT2D eigenvalue weighted by Gasteiger charge is -1.92. The number of rotatable bonds is 8. The Morgan fingerprint density at radius 2 is 2.23 bits per heavy atom. The van der Waals surface area contributed by atoms with Gasteiger partial charge >= 0.3 is 0 Å². The Kier molecular flexibility index (Phi) is 10.7. The molecule has 0 aromatic rings. The standard InChI is InChI=1S/C9H16OS3/c1-3-6-11-12-7-5-9-13(10)8-4-2/h4-5,7H,2-3,6,8-9H2,1H3/b7-5+. The van der Waals surface area contributed by atoms with Gasteiger partial charge in [0.25, 0.3) is 0 Å². The van der Waals surface area contributed by atoms with Crippen molar-refractivity contribution in [3.05, 3.63) is 24.1 Å². The van der Waals surface area contributed by atoms with Crippen LogP contribution in [0.4, 0.5) is 0 Å². The lowest BCUT2D eigenvalue weighted by atomic mass is 10.6. The Bertz CT molecular complexity index is 178. The van der Waals surface area contributed by atoms with Crippen molar-refractivity contribution in [3.8, 4) is 0 Å². The fourth-order valence-electron chi connectivity index (χ4n) is 0.556. The summed E-state index contributed by atoms with van der Waals surface area (Å²) in [5.41, 5.74) is 0. The maximum Gasteiger partial charge on any atom is 0.0426 e. The molecule has 1 atom stereocenters. The van der Waals surface area contributed by atoms with E-state index in [2.05, 4.69) is 13.5 Å². The molecule has 13 heavy (non-hydrogen) atoms. The van der Waals surface area contributed by atoms with E-state index in [0.29, 0.717) is 11.5 Å². The first-order chi connectivity index (χ1) is 6.31. The molecule has 0 saturated carbocycles. The molecule has 1 unspecified atom stereocenters. The van der Waals surface area contributed by atoms with Crippen molar-refractivity contribution in [2.45, 2.75) is 13.3 Å². The van der Waals surface area contributed by atoms with Gasteiger partial charge in [0.05, 0.1) is 0 Å². The van der Waals surface area contributed by atoms with Gasteiger partial charge in [-0.25, -0.2) is 0 Å². The minimum Gasteiger partial charge on any atom is -0.259 e. The molecule has 0 rings (SSSR count). The molecule has 0 aliphatic carbocycles. The van der Waals surface area contributed by atoms with Crippen LogP contribution in [0.2, 0.25) is 0 Å². The van der Waals surface area contributed by atoms with Crippen LogP contribution in [0.25, 0.3) is 0 Å². The summed E-state index contributed by atoms with van der Waals surface area (Å²) in [4.78, 5) is 0. The molecule has 0 spiro atoms. The molecule has 0 bridgehead atoms. The largest absolute Gasteiger partial charge is 0.259 e. The van der Waals surface area contributed by atoms with Gasteiger partial charge in [0, 0.05) is 28.1 Å². The van der Waals surface area contributed by atoms with Crippen molar-refractivity contribution in [3.63, 3.8) is 0 Å². The highest BCUT2D eigenvalue weighted by atomic mass is 33.1. The van der Waals surface area contributed by atoms with E-state index in [1.54, 1.807) is 16.9 Å². The smallest absolute Gasteiger partial charge is 0.0426 e. The summed E-state index contributed by atoms with van der Waals surface area (Å²) in [5, 5.41) is 2.02. The third-order valence-corrected chi connectivity index (χ3v) is 4.52. The van der Waals surface area contributed by atoms with Gasteiger partial charge in [-0.05, 0) is 11.8 Å². The first-order valence-electron chi connectivity index (χ1n) is 4.20. The zero-order valence-corrected chi connectivity index (χ0v) is 10.4. The van der Waals surface area contributed by atoms with Gasteiger partial charge in [-0.1, -0.05) is 40.7 Å². The molecule has 0 aromatic carbocycles. The van der Waals surface area contributed by atoms with Crippen LogP contribution in [-0.2, 0) is 10.8 Å². The van der Waals surface area contributed by atoms with E-state index in [0.717, 1.165) is 0 Å². The molecule has 0 aliphatic rings. The van der Waals surface area contributed by atoms with Crippen LogP contribution >= 0.6 is 21.6 Å². The van der Waals surface area contributed by atoms with Gasteiger partial charge in [-0.2, -0.15) is 0 Å². The molecule has 0 fully saturated rings. The molecule has 0 radical (unpaired) electrons. The SMILES string of the molecule is C=CCS(=O)C/C=C/SSCCC. The highest BCUT2D eigenvalue weighted by molar-refractivity contribution is 8.77. The third kappa shape index (κ3) is 10.2. The monoisotopic (exact) mass is 236 g/mol. The van der Waals surface area contributed by atoms with Gasteiger partial charge in [-0.3, -0.25) is 4.21 Å². The Morgan fingerprint density at radius 1 is 1.46 bits per heavy atom. The molecule has 1 nitrogen and oxygen atoms in total. The zero-order chi connectivity index (χ0) is 9.94. The molecular weight excluding hydrogens is 220 g/mol. The highest BCUT2D eigenvalue weighted by Gasteiger charge is 1.90. The van der Waals surface area contributed by atoms with Gasteiger partial charge < -0.3 is 0 Å². The normalized spacial score (nSPS) is 13.3. The van der Waals surface area contributed by atoms with Crippen LogP contribution in [0.3, 0.4) is 0 Å². The van der Waals surface area contributed by atoms with Gasteiger partial charge in [-0.15, -0.1) is 6.58 Å². The molecule has 0 aliphatic heterocycles. The fraction of sp³-hybridized carbons (Fsp3) is 0.556. The van der Waals surface area contributed by atoms with Crippen LogP contribution < -0.4 is 0 Å². The second-order valence-corrected chi connectivity index (χ2v) is 6.29. The predicted octanol–water partition coefficient (Wildman–Crippen LogP) is 3.23. The summed E-state index contributed by atoms with van der Waals surface area (Å²) >= 11 is 0. The fourth-order valence-corrected chi connectivity index (χ4v) is 3.16. The molecule has 0 saturated heterocycles. The molecular formula is C9H16OS3. The third-order valence-electron chi connectivity index (χ3n) is 1.09. The lowest BCUT2D eigenvalue weighted by Crippen LogP contribution is -1.96. The van der Waals surface area contributed by atoms with Crippen LogP contribution in [0.15, 0.2) is 24.1 Å². The Labute approximate surface area is 91.3 Å². The highest BCUT2D eigenvalue weighted by Crippen LogP contribution is 2.22. The van der Waals surface area contributed by atoms with Crippen molar-refractivity contribution in [1.29, 1.82) is 0 Å². The van der Waals surface area contributed by atoms with Crippen LogP contribution in [0.1, 0.15) is 13.3 Å². The molecule has 0 N–H and O–H groups in total. The molecule has 4 heteroatoms. The van der Waals surface area contributed by atoms with Crippen LogP contribution in [0, 0.1) is 0 Å². The summed E-state index contributed by atoms with van der Waals surface area (Å²) in [6.45, 7) is 5.71. The topological polar surface area (TPSA) is 17.1 Å². The Morgan fingerprint density at radius 3 is 2.85 bits per heavy atom. The number of hydrogen-bond acceptors (Lipinski definition) is 3. The number of hydrogen-bond donors (Lipinski definition) is 0. The minimum absolute atomic E-state index is 0.594. The van der Waals surface area contributed by atoms with E-state index >= 15 is 0 Å². The van der Waals surface area contributed by atoms with Crippen molar-refractivity contribution >= 4 is 32.4 Å². The van der Waals surface area contributed by atoms with Crippen LogP contribution in [-0.4, -0.2) is 21.5 Å². The summed E-state index contributed by atoms with van der Waals surface area (Å²) in [6.07, 6.45) is 4.86. The zero-order valence-electron chi connectivity index (χ0n) is 7.90. The Hall–Kier alpha value is 0.330. The second-order valence-electron chi connectivity index (χ2n) is 2.35. The maximum atomic E-state index is 11.1. The average Bonchev–Trinajstić information content (AvgIpc) is 2.11. The first-order valence-corrected chi connectivity index (χ1v) is 8.07. The van der Waals surface area contributed by atoms with Gasteiger partial charge in [0.1, 0.15) is 0 Å². The molecule has 76 valence electrons. The summed E-state index contributed by atoms with van der Waals surface area (Å²) in [7, 11) is 2.79. The van der Waals surface area contributed by atoms with E-state index in [1.807, 2.05) is 22.3 Å². The first kappa shape index (κ1) is 13.3.